The number of hydrogen-bond acceptors (Lipinski definition) is 6. The molecule has 0 spiro atoms. The third-order valence-electron chi connectivity index (χ3n) is 4.42. The predicted molar refractivity (Wildman–Crippen MR) is 88.5 cm³/mol. The zero-order chi connectivity index (χ0) is 17.9. The van der Waals surface area contributed by atoms with E-state index in [1.54, 1.807) is 13.0 Å². The number of nitrogens with zero attached hydrogens (tertiary/aromatic N) is 2. The van der Waals surface area contributed by atoms with Crippen molar-refractivity contribution in [3.63, 3.8) is 0 Å². The van der Waals surface area contributed by atoms with Gasteiger partial charge in [-0.1, -0.05) is 19.9 Å². The number of fused-ring (bicyclic) bond motifs is 1. The van der Waals surface area contributed by atoms with Crippen molar-refractivity contribution in [2.24, 2.45) is 5.41 Å². The van der Waals surface area contributed by atoms with Crippen LogP contribution in [-0.4, -0.2) is 46.7 Å². The maximum Gasteiger partial charge on any atom is 0.306 e. The molecule has 2 aliphatic rings. The van der Waals surface area contributed by atoms with Gasteiger partial charge < -0.3 is 14.7 Å². The van der Waals surface area contributed by atoms with E-state index in [2.05, 4.69) is 0 Å². The molecule has 0 fully saturated rings. The first-order valence-electron chi connectivity index (χ1n) is 8.09. The van der Waals surface area contributed by atoms with Crippen molar-refractivity contribution in [3.05, 3.63) is 45.3 Å². The largest absolute Gasteiger partial charge is 0.466 e. The minimum absolute atomic E-state index is 0.0315. The first-order valence-corrected chi connectivity index (χ1v) is 8.09. The molecule has 0 saturated carbocycles. The highest BCUT2D eigenvalue weighted by Crippen LogP contribution is 2.42. The smallest absolute Gasteiger partial charge is 0.306 e. The van der Waals surface area contributed by atoms with Gasteiger partial charge in [0.25, 0.3) is 5.70 Å². The molecule has 0 aromatic heterocycles. The number of allylic oxidation sites excluding steroid dienone is 4. The molecule has 1 heterocycles. The SMILES string of the molecule is CCOC(=O)CC(C)(C)C1C=C2CC([N+](=O)[O-])=CC=C2N1CCO. The molecule has 0 aromatic carbocycles. The Morgan fingerprint density at radius 2 is 2.21 bits per heavy atom. The summed E-state index contributed by atoms with van der Waals surface area (Å²) in [6, 6.07) is -0.130. The average Bonchev–Trinajstić information content (AvgIpc) is 2.86. The lowest BCUT2D eigenvalue weighted by molar-refractivity contribution is -0.427. The third-order valence-corrected chi connectivity index (χ3v) is 4.42. The van der Waals surface area contributed by atoms with Crippen LogP contribution >= 0.6 is 0 Å². The molecule has 0 saturated heterocycles. The fourth-order valence-electron chi connectivity index (χ4n) is 3.31. The predicted octanol–water partition coefficient (Wildman–Crippen LogP) is 2.02. The van der Waals surface area contributed by atoms with Gasteiger partial charge in [0.15, 0.2) is 0 Å². The minimum Gasteiger partial charge on any atom is -0.466 e. The molecule has 2 rings (SSSR count). The molecule has 0 bridgehead atoms. The van der Waals surface area contributed by atoms with Gasteiger partial charge in [0.2, 0.25) is 0 Å². The number of β-amino-alcohol motifs (C(OH)–C–C–N with tert-alkyl or cyclic N) is 1. The van der Waals surface area contributed by atoms with Gasteiger partial charge in [-0.3, -0.25) is 14.9 Å². The van der Waals surface area contributed by atoms with Gasteiger partial charge in [-0.25, -0.2) is 0 Å². The van der Waals surface area contributed by atoms with E-state index in [9.17, 15) is 20.0 Å². The maximum absolute atomic E-state index is 11.9. The molecule has 0 amide bonds. The Bertz CT molecular complexity index is 618. The van der Waals surface area contributed by atoms with Gasteiger partial charge in [0, 0.05) is 18.3 Å². The van der Waals surface area contributed by atoms with Crippen LogP contribution in [0.1, 0.15) is 33.6 Å². The molecule has 1 aliphatic carbocycles. The minimum atomic E-state index is -0.429. The van der Waals surface area contributed by atoms with E-state index in [1.165, 1.54) is 6.08 Å². The monoisotopic (exact) mass is 336 g/mol. The second-order valence-electron chi connectivity index (χ2n) is 6.67. The van der Waals surface area contributed by atoms with E-state index in [0.29, 0.717) is 13.2 Å². The standard InChI is InChI=1S/C17H24N2O5/c1-4-24-16(21)11-17(2,3)15-10-12-9-13(19(22)23)5-6-14(12)18(15)7-8-20/h5-6,10,15,20H,4,7-9,11H2,1-3H3. The van der Waals surface area contributed by atoms with Crippen LogP contribution in [0.2, 0.25) is 0 Å². The number of carbonyl (C=O) groups is 1. The van der Waals surface area contributed by atoms with Crippen molar-refractivity contribution >= 4 is 5.97 Å². The molecule has 132 valence electrons. The summed E-state index contributed by atoms with van der Waals surface area (Å²) in [5.41, 5.74) is 1.48. The van der Waals surface area contributed by atoms with Crippen LogP contribution in [0.25, 0.3) is 0 Å². The molecule has 24 heavy (non-hydrogen) atoms. The average molecular weight is 336 g/mol. The fourth-order valence-corrected chi connectivity index (χ4v) is 3.31. The molecular formula is C17H24N2O5. The van der Waals surface area contributed by atoms with Crippen molar-refractivity contribution < 1.29 is 19.6 Å². The number of aliphatic hydroxyl groups is 1. The Hall–Kier alpha value is -2.15. The van der Waals surface area contributed by atoms with Crippen LogP contribution < -0.4 is 0 Å². The van der Waals surface area contributed by atoms with Crippen LogP contribution in [-0.2, 0) is 9.53 Å². The zero-order valence-electron chi connectivity index (χ0n) is 14.3. The van der Waals surface area contributed by atoms with Crippen molar-refractivity contribution in [2.45, 2.75) is 39.7 Å². The van der Waals surface area contributed by atoms with Crippen LogP contribution in [0.4, 0.5) is 0 Å². The number of carbonyl (C=O) groups excluding carboxylic acids is 1. The van der Waals surface area contributed by atoms with E-state index >= 15 is 0 Å². The maximum atomic E-state index is 11.9. The lowest BCUT2D eigenvalue weighted by Crippen LogP contribution is -2.43. The normalized spacial score (nSPS) is 20.1. The summed E-state index contributed by atoms with van der Waals surface area (Å²) in [7, 11) is 0. The Balaban J connectivity index is 2.28. The van der Waals surface area contributed by atoms with Crippen molar-refractivity contribution in [1.82, 2.24) is 4.90 Å². The first-order chi connectivity index (χ1) is 11.3. The lowest BCUT2D eigenvalue weighted by atomic mass is 9.80. The van der Waals surface area contributed by atoms with Crippen molar-refractivity contribution in [2.75, 3.05) is 19.8 Å². The van der Waals surface area contributed by atoms with Crippen LogP contribution in [0, 0.1) is 15.5 Å². The van der Waals surface area contributed by atoms with E-state index in [-0.39, 0.29) is 42.1 Å². The van der Waals surface area contributed by atoms with E-state index in [1.807, 2.05) is 24.8 Å². The van der Waals surface area contributed by atoms with Gasteiger partial charge in [-0.2, -0.15) is 0 Å². The van der Waals surface area contributed by atoms with Crippen LogP contribution in [0.3, 0.4) is 0 Å². The molecule has 1 aliphatic heterocycles. The van der Waals surface area contributed by atoms with E-state index in [0.717, 1.165) is 11.3 Å². The molecule has 1 N–H and O–H groups in total. The van der Waals surface area contributed by atoms with Crippen molar-refractivity contribution in [3.8, 4) is 0 Å². The topological polar surface area (TPSA) is 92.9 Å². The number of ether oxygens (including phenoxy) is 1. The number of hydrogen-bond donors (Lipinski definition) is 1. The Morgan fingerprint density at radius 1 is 1.50 bits per heavy atom. The number of aliphatic hydroxyl groups excluding tert-OH is 1. The highest BCUT2D eigenvalue weighted by Gasteiger charge is 2.41. The van der Waals surface area contributed by atoms with Crippen LogP contribution in [0.15, 0.2) is 35.2 Å². The Morgan fingerprint density at radius 3 is 2.79 bits per heavy atom. The van der Waals surface area contributed by atoms with Gasteiger partial charge in [0.1, 0.15) is 0 Å². The van der Waals surface area contributed by atoms with Crippen molar-refractivity contribution in [1.29, 1.82) is 0 Å². The second-order valence-corrected chi connectivity index (χ2v) is 6.67. The second kappa shape index (κ2) is 7.17. The zero-order valence-corrected chi connectivity index (χ0v) is 14.3. The van der Waals surface area contributed by atoms with E-state index < -0.39 is 5.41 Å². The summed E-state index contributed by atoms with van der Waals surface area (Å²) in [6.07, 6.45) is 5.71. The fraction of sp³-hybridized carbons (Fsp3) is 0.588. The number of esters is 1. The van der Waals surface area contributed by atoms with Gasteiger partial charge in [-0.05, 0) is 24.0 Å². The van der Waals surface area contributed by atoms with E-state index in [4.69, 9.17) is 4.74 Å². The lowest BCUT2D eigenvalue weighted by Gasteiger charge is -2.38. The summed E-state index contributed by atoms with van der Waals surface area (Å²) in [4.78, 5) is 24.6. The van der Waals surface area contributed by atoms with Gasteiger partial charge >= 0.3 is 5.97 Å². The summed E-state index contributed by atoms with van der Waals surface area (Å²) >= 11 is 0. The molecule has 7 heteroatoms. The summed E-state index contributed by atoms with van der Waals surface area (Å²) < 4.78 is 5.06. The highest BCUT2D eigenvalue weighted by atomic mass is 16.6. The molecular weight excluding hydrogens is 312 g/mol. The van der Waals surface area contributed by atoms with Gasteiger partial charge in [0.05, 0.1) is 37.0 Å². The number of rotatable bonds is 7. The summed E-state index contributed by atoms with van der Waals surface area (Å²) in [6.45, 7) is 6.42. The highest BCUT2D eigenvalue weighted by molar-refractivity contribution is 5.70. The molecule has 1 unspecified atom stereocenters. The molecule has 1 atom stereocenters. The first kappa shape index (κ1) is 18.2. The number of nitro groups is 1. The third kappa shape index (κ3) is 3.67. The Labute approximate surface area is 141 Å². The Kier molecular flexibility index (Phi) is 5.43. The molecule has 0 radical (unpaired) electrons. The molecule has 0 aromatic rings. The quantitative estimate of drug-likeness (QED) is 0.434. The summed E-state index contributed by atoms with van der Waals surface area (Å²) in [5, 5.41) is 20.4. The summed E-state index contributed by atoms with van der Waals surface area (Å²) in [5.74, 6) is -0.266. The molecule has 7 nitrogen and oxygen atoms in total. The van der Waals surface area contributed by atoms with Gasteiger partial charge in [-0.15, -0.1) is 0 Å². The van der Waals surface area contributed by atoms with Crippen LogP contribution in [0.5, 0.6) is 0 Å².